The van der Waals surface area contributed by atoms with E-state index in [1.807, 2.05) is 27.8 Å². The number of hydrogen-bond donors (Lipinski definition) is 0. The van der Waals surface area contributed by atoms with Crippen LogP contribution in [0.5, 0.6) is 0 Å². The number of aromatic nitrogens is 2. The van der Waals surface area contributed by atoms with Crippen LogP contribution in [0.1, 0.15) is 26.3 Å². The molecular weight excluding hydrogens is 292 g/mol. The maximum Gasteiger partial charge on any atom is 0.410 e. The molecule has 0 spiro atoms. The van der Waals surface area contributed by atoms with E-state index in [2.05, 4.69) is 14.9 Å². The van der Waals surface area contributed by atoms with Crippen LogP contribution in [0.2, 0.25) is 5.28 Å². The van der Waals surface area contributed by atoms with Crippen molar-refractivity contribution in [2.45, 2.75) is 32.9 Å². The summed E-state index contributed by atoms with van der Waals surface area (Å²) in [6.07, 6.45) is 3.08. The lowest BCUT2D eigenvalue weighted by molar-refractivity contribution is 0.0286. The van der Waals surface area contributed by atoms with Gasteiger partial charge in [0.2, 0.25) is 5.28 Å². The quantitative estimate of drug-likeness (QED) is 0.781. The molecule has 0 saturated heterocycles. The van der Waals surface area contributed by atoms with E-state index in [0.717, 1.165) is 12.1 Å². The van der Waals surface area contributed by atoms with E-state index in [1.54, 1.807) is 24.3 Å². The minimum absolute atomic E-state index is 0.242. The molecule has 1 amide bonds. The third-order valence-electron chi connectivity index (χ3n) is 2.65. The monoisotopic (exact) mass is 314 g/mol. The number of nitrogens with zero attached hydrogens (tertiary/aromatic N) is 4. The number of carbonyl (C=O) groups excluding carboxylic acids is 1. The first-order valence-electron chi connectivity index (χ1n) is 6.76. The average molecular weight is 315 g/mol. The highest BCUT2D eigenvalue weighted by Crippen LogP contribution is 2.09. The van der Waals surface area contributed by atoms with Gasteiger partial charge in [-0.2, -0.15) is 0 Å². The molecule has 0 fully saturated rings. The third kappa shape index (κ3) is 7.24. The van der Waals surface area contributed by atoms with Gasteiger partial charge in [0.05, 0.1) is 0 Å². The van der Waals surface area contributed by atoms with Gasteiger partial charge in [-0.25, -0.2) is 14.8 Å². The number of carbonyl (C=O) groups is 1. The molecule has 0 saturated carbocycles. The molecule has 0 aliphatic carbocycles. The van der Waals surface area contributed by atoms with E-state index in [4.69, 9.17) is 16.3 Å². The summed E-state index contributed by atoms with van der Waals surface area (Å²) >= 11 is 5.64. The maximum absolute atomic E-state index is 11.8. The fraction of sp³-hybridized carbons (Fsp3) is 0.643. The molecule has 0 unspecified atom stereocenters. The lowest BCUT2D eigenvalue weighted by Gasteiger charge is -2.26. The van der Waals surface area contributed by atoms with Crippen LogP contribution < -0.4 is 0 Å². The van der Waals surface area contributed by atoms with Gasteiger partial charge in [0, 0.05) is 44.6 Å². The molecule has 7 heteroatoms. The van der Waals surface area contributed by atoms with Gasteiger partial charge >= 0.3 is 6.09 Å². The number of likely N-dealkylation sites (N-methyl/N-ethyl adjacent to an activating group) is 2. The summed E-state index contributed by atoms with van der Waals surface area (Å²) in [4.78, 5) is 23.3. The fourth-order valence-corrected chi connectivity index (χ4v) is 1.66. The highest BCUT2D eigenvalue weighted by molar-refractivity contribution is 6.28. The van der Waals surface area contributed by atoms with E-state index in [1.165, 1.54) is 0 Å². The third-order valence-corrected chi connectivity index (χ3v) is 2.84. The van der Waals surface area contributed by atoms with E-state index in [0.29, 0.717) is 13.1 Å². The molecule has 1 heterocycles. The van der Waals surface area contributed by atoms with Crippen molar-refractivity contribution in [2.24, 2.45) is 0 Å². The Bertz CT molecular complexity index is 459. The van der Waals surface area contributed by atoms with Crippen LogP contribution in [0.3, 0.4) is 0 Å². The van der Waals surface area contributed by atoms with Gasteiger partial charge in [0.15, 0.2) is 0 Å². The summed E-state index contributed by atoms with van der Waals surface area (Å²) in [5.41, 5.74) is 0.500. The summed E-state index contributed by atoms with van der Waals surface area (Å²) < 4.78 is 5.30. The Balaban J connectivity index is 2.36. The minimum Gasteiger partial charge on any atom is -0.444 e. The van der Waals surface area contributed by atoms with E-state index < -0.39 is 5.60 Å². The lowest BCUT2D eigenvalue weighted by Crippen LogP contribution is -2.38. The van der Waals surface area contributed by atoms with Gasteiger partial charge in [-0.15, -0.1) is 0 Å². The molecule has 0 aliphatic heterocycles. The van der Waals surface area contributed by atoms with Crippen LogP contribution in [0.4, 0.5) is 4.79 Å². The first-order chi connectivity index (χ1) is 9.67. The number of amides is 1. The Morgan fingerprint density at radius 2 is 1.81 bits per heavy atom. The summed E-state index contributed by atoms with van der Waals surface area (Å²) in [6.45, 7) is 7.56. The molecule has 0 N–H and O–H groups in total. The summed E-state index contributed by atoms with van der Waals surface area (Å²) in [6, 6.07) is 0. The molecule has 0 bridgehead atoms. The van der Waals surface area contributed by atoms with Crippen LogP contribution >= 0.6 is 11.6 Å². The Kier molecular flexibility index (Phi) is 6.36. The number of rotatable bonds is 5. The fourth-order valence-electron chi connectivity index (χ4n) is 1.56. The summed E-state index contributed by atoms with van der Waals surface area (Å²) in [5.74, 6) is 0. The molecule has 118 valence electrons. The largest absolute Gasteiger partial charge is 0.444 e. The van der Waals surface area contributed by atoms with Crippen LogP contribution in [-0.4, -0.2) is 58.6 Å². The van der Waals surface area contributed by atoms with Gasteiger partial charge in [0.1, 0.15) is 5.60 Å². The number of ether oxygens (including phenoxy) is 1. The second-order valence-corrected chi connectivity index (χ2v) is 6.34. The first kappa shape index (κ1) is 17.7. The van der Waals surface area contributed by atoms with Crippen molar-refractivity contribution in [3.8, 4) is 0 Å². The average Bonchev–Trinajstić information content (AvgIpc) is 2.36. The van der Waals surface area contributed by atoms with Crippen molar-refractivity contribution in [3.05, 3.63) is 23.2 Å². The highest BCUT2D eigenvalue weighted by Gasteiger charge is 2.19. The molecule has 0 aromatic carbocycles. The zero-order chi connectivity index (χ0) is 16.0. The Labute approximate surface area is 131 Å². The molecule has 1 aromatic heterocycles. The molecule has 0 aliphatic rings. The van der Waals surface area contributed by atoms with Gasteiger partial charge < -0.3 is 14.5 Å². The van der Waals surface area contributed by atoms with Gasteiger partial charge in [-0.3, -0.25) is 0 Å². The van der Waals surface area contributed by atoms with Crippen molar-refractivity contribution in [3.63, 3.8) is 0 Å². The molecular formula is C14H23ClN4O2. The van der Waals surface area contributed by atoms with Crippen molar-refractivity contribution in [1.82, 2.24) is 19.8 Å². The van der Waals surface area contributed by atoms with Crippen LogP contribution in [0.25, 0.3) is 0 Å². The van der Waals surface area contributed by atoms with E-state index >= 15 is 0 Å². The molecule has 0 radical (unpaired) electrons. The Hall–Kier alpha value is -1.40. The molecule has 6 nitrogen and oxygen atoms in total. The van der Waals surface area contributed by atoms with E-state index in [9.17, 15) is 4.79 Å². The Morgan fingerprint density at radius 1 is 1.24 bits per heavy atom. The molecule has 0 atom stereocenters. The molecule has 21 heavy (non-hydrogen) atoms. The first-order valence-corrected chi connectivity index (χ1v) is 7.14. The molecule has 1 rings (SSSR count). The van der Waals surface area contributed by atoms with Crippen molar-refractivity contribution >= 4 is 17.7 Å². The second kappa shape index (κ2) is 7.56. The second-order valence-electron chi connectivity index (χ2n) is 6.00. The zero-order valence-electron chi connectivity index (χ0n) is 13.3. The lowest BCUT2D eigenvalue weighted by atomic mass is 10.2. The smallest absolute Gasteiger partial charge is 0.410 e. The minimum atomic E-state index is -0.474. The highest BCUT2D eigenvalue weighted by atomic mass is 35.5. The van der Waals surface area contributed by atoms with Crippen LogP contribution in [0.15, 0.2) is 12.4 Å². The normalized spacial score (nSPS) is 11.6. The topological polar surface area (TPSA) is 58.6 Å². The SMILES string of the molecule is CN(CCN(C)C(=O)OC(C)(C)C)Cc1cnc(Cl)nc1. The van der Waals surface area contributed by atoms with Gasteiger partial charge in [-0.05, 0) is 39.4 Å². The summed E-state index contributed by atoms with van der Waals surface area (Å²) in [5, 5.41) is 0.242. The van der Waals surface area contributed by atoms with Crippen LogP contribution in [0, 0.1) is 0 Å². The van der Waals surface area contributed by atoms with Crippen molar-refractivity contribution in [1.29, 1.82) is 0 Å². The summed E-state index contributed by atoms with van der Waals surface area (Å²) in [7, 11) is 3.70. The van der Waals surface area contributed by atoms with E-state index in [-0.39, 0.29) is 11.4 Å². The predicted molar refractivity (Wildman–Crippen MR) is 82.2 cm³/mol. The predicted octanol–water partition coefficient (Wildman–Crippen LogP) is 2.43. The maximum atomic E-state index is 11.8. The number of hydrogen-bond acceptors (Lipinski definition) is 5. The zero-order valence-corrected chi connectivity index (χ0v) is 14.0. The number of halogens is 1. The van der Waals surface area contributed by atoms with Crippen LogP contribution in [-0.2, 0) is 11.3 Å². The molecule has 1 aromatic rings. The van der Waals surface area contributed by atoms with Crippen molar-refractivity contribution < 1.29 is 9.53 Å². The van der Waals surface area contributed by atoms with Crippen molar-refractivity contribution in [2.75, 3.05) is 27.2 Å². The van der Waals surface area contributed by atoms with Gasteiger partial charge in [0.25, 0.3) is 0 Å². The Morgan fingerprint density at radius 3 is 2.33 bits per heavy atom. The van der Waals surface area contributed by atoms with Gasteiger partial charge in [-0.1, -0.05) is 0 Å². The standard InChI is InChI=1S/C14H23ClN4O2/c1-14(2,3)21-13(20)19(5)7-6-18(4)10-11-8-16-12(15)17-9-11/h8-9H,6-7,10H2,1-5H3.